The van der Waals surface area contributed by atoms with Crippen molar-refractivity contribution in [3.63, 3.8) is 0 Å². The second-order valence-corrected chi connectivity index (χ2v) is 8.85. The van der Waals surface area contributed by atoms with Crippen molar-refractivity contribution in [1.29, 1.82) is 0 Å². The number of hydrogen-bond donors (Lipinski definition) is 1. The van der Waals surface area contributed by atoms with Gasteiger partial charge in [0.05, 0.1) is 37.3 Å². The molecular weight excluding hydrogens is 424 g/mol. The molecule has 0 radical (unpaired) electrons. The van der Waals surface area contributed by atoms with Crippen LogP contribution >= 0.6 is 0 Å². The van der Waals surface area contributed by atoms with E-state index in [9.17, 15) is 22.8 Å². The average Bonchev–Trinajstić information content (AvgIpc) is 2.68. The molecule has 0 aliphatic rings. The second kappa shape index (κ2) is 9.61. The van der Waals surface area contributed by atoms with Crippen LogP contribution in [-0.4, -0.2) is 53.3 Å². The Labute approximate surface area is 181 Å². The largest absolute Gasteiger partial charge is 0.465 e. The number of amides is 1. The number of methoxy groups -OCH3 is 2. The Balaban J connectivity index is 2.36. The van der Waals surface area contributed by atoms with Crippen LogP contribution in [0.15, 0.2) is 36.4 Å². The average molecular weight is 448 g/mol. The van der Waals surface area contributed by atoms with E-state index in [1.165, 1.54) is 32.4 Å². The van der Waals surface area contributed by atoms with Crippen molar-refractivity contribution in [3.05, 3.63) is 58.7 Å². The van der Waals surface area contributed by atoms with Crippen LogP contribution in [0.5, 0.6) is 0 Å². The molecule has 0 bridgehead atoms. The van der Waals surface area contributed by atoms with Crippen LogP contribution in [0.4, 0.5) is 11.4 Å². The zero-order valence-corrected chi connectivity index (χ0v) is 18.7. The number of benzene rings is 2. The maximum absolute atomic E-state index is 12.7. The monoisotopic (exact) mass is 448 g/mol. The third-order valence-electron chi connectivity index (χ3n) is 4.24. The third kappa shape index (κ3) is 6.29. The predicted molar refractivity (Wildman–Crippen MR) is 116 cm³/mol. The van der Waals surface area contributed by atoms with E-state index in [1.54, 1.807) is 12.1 Å². The molecule has 0 saturated heterocycles. The second-order valence-electron chi connectivity index (χ2n) is 6.95. The molecule has 0 aliphatic heterocycles. The lowest BCUT2D eigenvalue weighted by molar-refractivity contribution is -0.114. The van der Waals surface area contributed by atoms with E-state index < -0.39 is 34.4 Å². The van der Waals surface area contributed by atoms with Crippen molar-refractivity contribution in [1.82, 2.24) is 0 Å². The van der Waals surface area contributed by atoms with E-state index in [4.69, 9.17) is 0 Å². The molecule has 2 aromatic carbocycles. The maximum Gasteiger partial charge on any atom is 0.337 e. The van der Waals surface area contributed by atoms with Crippen LogP contribution in [0.2, 0.25) is 0 Å². The number of carbonyl (C=O) groups is 3. The molecule has 0 spiro atoms. The van der Waals surface area contributed by atoms with Gasteiger partial charge in [-0.05, 0) is 55.3 Å². The van der Waals surface area contributed by atoms with Gasteiger partial charge in [0.25, 0.3) is 0 Å². The Kier molecular flexibility index (Phi) is 7.40. The summed E-state index contributed by atoms with van der Waals surface area (Å²) in [5.41, 5.74) is 2.20. The third-order valence-corrected chi connectivity index (χ3v) is 5.38. The van der Waals surface area contributed by atoms with E-state index in [0.717, 1.165) is 21.7 Å². The highest BCUT2D eigenvalue weighted by molar-refractivity contribution is 7.92. The first-order chi connectivity index (χ1) is 14.4. The Bertz CT molecular complexity index is 1070. The van der Waals surface area contributed by atoms with Gasteiger partial charge in [0.1, 0.15) is 6.54 Å². The molecule has 9 nitrogen and oxygen atoms in total. The van der Waals surface area contributed by atoms with Gasteiger partial charge >= 0.3 is 11.9 Å². The summed E-state index contributed by atoms with van der Waals surface area (Å²) < 4.78 is 35.0. The first-order valence-electron chi connectivity index (χ1n) is 9.12. The van der Waals surface area contributed by atoms with E-state index in [2.05, 4.69) is 14.8 Å². The van der Waals surface area contributed by atoms with Crippen LogP contribution in [-0.2, 0) is 24.3 Å². The summed E-state index contributed by atoms with van der Waals surface area (Å²) in [6.45, 7) is 3.14. The number of nitrogens with one attached hydrogen (secondary N) is 1. The standard InChI is InChI=1S/C21H24N2O7S/c1-13-6-14(2)8-18(7-13)23(31(5,27)28)12-19(24)22-17-10-15(20(25)29-3)9-16(11-17)21(26)30-4/h6-11H,12H2,1-5H3,(H,22,24). The number of ether oxygens (including phenoxy) is 2. The zero-order chi connectivity index (χ0) is 23.3. The number of sulfonamides is 1. The van der Waals surface area contributed by atoms with Gasteiger partial charge in [-0.25, -0.2) is 18.0 Å². The Hall–Kier alpha value is -3.40. The van der Waals surface area contributed by atoms with Crippen LogP contribution in [0.3, 0.4) is 0 Å². The van der Waals surface area contributed by atoms with Gasteiger partial charge in [0, 0.05) is 5.69 Å². The number of hydrogen-bond acceptors (Lipinski definition) is 7. The molecule has 0 saturated carbocycles. The lowest BCUT2D eigenvalue weighted by atomic mass is 10.1. The lowest BCUT2D eigenvalue weighted by Crippen LogP contribution is -2.37. The van der Waals surface area contributed by atoms with Crippen LogP contribution in [0, 0.1) is 13.8 Å². The molecule has 2 rings (SSSR count). The van der Waals surface area contributed by atoms with Crippen molar-refractivity contribution in [2.45, 2.75) is 13.8 Å². The fourth-order valence-corrected chi connectivity index (χ4v) is 3.84. The van der Waals surface area contributed by atoms with E-state index >= 15 is 0 Å². The topological polar surface area (TPSA) is 119 Å². The highest BCUT2D eigenvalue weighted by Crippen LogP contribution is 2.22. The first kappa shape index (κ1) is 23.9. The number of anilines is 2. The van der Waals surface area contributed by atoms with Crippen molar-refractivity contribution < 1.29 is 32.3 Å². The number of aryl methyl sites for hydroxylation is 2. The van der Waals surface area contributed by atoms with Gasteiger partial charge in [0.2, 0.25) is 15.9 Å². The molecule has 0 aromatic heterocycles. The summed E-state index contributed by atoms with van der Waals surface area (Å²) in [4.78, 5) is 36.5. The summed E-state index contributed by atoms with van der Waals surface area (Å²) in [6.07, 6.45) is 1.01. The first-order valence-corrected chi connectivity index (χ1v) is 11.0. The zero-order valence-electron chi connectivity index (χ0n) is 17.9. The molecule has 166 valence electrons. The molecule has 0 aliphatic carbocycles. The van der Waals surface area contributed by atoms with Gasteiger partial charge in [0.15, 0.2) is 0 Å². The summed E-state index contributed by atoms with van der Waals surface area (Å²) >= 11 is 0. The van der Waals surface area contributed by atoms with Crippen molar-refractivity contribution in [2.24, 2.45) is 0 Å². The fraction of sp³-hybridized carbons (Fsp3) is 0.286. The summed E-state index contributed by atoms with van der Waals surface area (Å²) in [6, 6.07) is 9.11. The van der Waals surface area contributed by atoms with Crippen molar-refractivity contribution in [3.8, 4) is 0 Å². The minimum Gasteiger partial charge on any atom is -0.465 e. The van der Waals surface area contributed by atoms with Gasteiger partial charge < -0.3 is 14.8 Å². The van der Waals surface area contributed by atoms with Gasteiger partial charge in [-0.2, -0.15) is 0 Å². The van der Waals surface area contributed by atoms with Crippen LogP contribution in [0.25, 0.3) is 0 Å². The molecule has 1 amide bonds. The lowest BCUT2D eigenvalue weighted by Gasteiger charge is -2.23. The molecule has 2 aromatic rings. The molecule has 0 fully saturated rings. The van der Waals surface area contributed by atoms with Crippen molar-refractivity contribution in [2.75, 3.05) is 36.6 Å². The SMILES string of the molecule is COC(=O)c1cc(NC(=O)CN(c2cc(C)cc(C)c2)S(C)(=O)=O)cc(C(=O)OC)c1. The molecule has 31 heavy (non-hydrogen) atoms. The number of nitrogens with zero attached hydrogens (tertiary/aromatic N) is 1. The number of rotatable bonds is 7. The Morgan fingerprint density at radius 2 is 1.35 bits per heavy atom. The molecular formula is C21H24N2O7S. The number of carbonyl (C=O) groups excluding carboxylic acids is 3. The highest BCUT2D eigenvalue weighted by atomic mass is 32.2. The minimum absolute atomic E-state index is 0.0231. The molecule has 0 heterocycles. The molecule has 0 unspecified atom stereocenters. The minimum atomic E-state index is -3.77. The quantitative estimate of drug-likeness (QED) is 0.646. The van der Waals surface area contributed by atoms with E-state index in [0.29, 0.717) is 5.69 Å². The Morgan fingerprint density at radius 1 is 0.871 bits per heavy atom. The van der Waals surface area contributed by atoms with Gasteiger partial charge in [-0.15, -0.1) is 0 Å². The summed E-state index contributed by atoms with van der Waals surface area (Å²) in [5.74, 6) is -2.09. The summed E-state index contributed by atoms with van der Waals surface area (Å²) in [7, 11) is -1.41. The van der Waals surface area contributed by atoms with E-state index in [-0.39, 0.29) is 16.8 Å². The maximum atomic E-state index is 12.7. The van der Waals surface area contributed by atoms with Crippen LogP contribution in [0.1, 0.15) is 31.8 Å². The number of esters is 2. The normalized spacial score (nSPS) is 10.9. The van der Waals surface area contributed by atoms with Crippen molar-refractivity contribution >= 4 is 39.2 Å². The van der Waals surface area contributed by atoms with E-state index in [1.807, 2.05) is 19.9 Å². The van der Waals surface area contributed by atoms with Gasteiger partial charge in [-0.3, -0.25) is 9.10 Å². The van der Waals surface area contributed by atoms with Crippen LogP contribution < -0.4 is 9.62 Å². The molecule has 1 N–H and O–H groups in total. The highest BCUT2D eigenvalue weighted by Gasteiger charge is 2.22. The fourth-order valence-electron chi connectivity index (χ4n) is 3.00. The van der Waals surface area contributed by atoms with Gasteiger partial charge in [-0.1, -0.05) is 6.07 Å². The smallest absolute Gasteiger partial charge is 0.337 e. The summed E-state index contributed by atoms with van der Waals surface area (Å²) in [5, 5.41) is 2.52. The predicted octanol–water partition coefficient (Wildman–Crippen LogP) is 2.28. The molecule has 0 atom stereocenters. The Morgan fingerprint density at radius 3 is 1.77 bits per heavy atom. The molecule has 10 heteroatoms.